The van der Waals surface area contributed by atoms with Gasteiger partial charge in [0.25, 0.3) is 0 Å². The standard InChI is InChI=1S/2C19H37FO4.C17H32F2O4.C2H5F/c1-9-10-11-16(14-21-23-18(3,4)5)17(12-15(2)13-20)22-24-19(6,7)8;1-9-11-16(14-21-23-18(3,4)5)17(12-15(10-2)13-20)22-24-19(6,7)8;1-8-14(19)11-15(21-23-17(5,6)7)13(9-10-18)12-20-22-16(2,3)4;1-2-3/h2*15H,9-14H2,1-8H3;14H,8-12H2,1-7H3;2H2,1H3/b2*17-16-;15-13-;. The second-order valence-electron chi connectivity index (χ2n) is 24.2. The molecule has 0 heterocycles. The van der Waals surface area contributed by atoms with E-state index in [2.05, 4.69) is 13.8 Å². The Labute approximate surface area is 448 Å². The zero-order valence-electron chi connectivity index (χ0n) is 51.2. The molecule has 12 nitrogen and oxygen atoms in total. The van der Waals surface area contributed by atoms with Crippen molar-refractivity contribution in [3.8, 4) is 0 Å². The minimum atomic E-state index is -1.09. The Kier molecular flexibility index (Phi) is 44.4. The van der Waals surface area contributed by atoms with Crippen LogP contribution in [0.15, 0.2) is 34.0 Å². The van der Waals surface area contributed by atoms with Gasteiger partial charge in [0.15, 0.2) is 0 Å². The summed E-state index contributed by atoms with van der Waals surface area (Å²) in [6.45, 7) is 44.1. The van der Waals surface area contributed by atoms with E-state index >= 15 is 0 Å². The molecule has 0 aromatic rings. The molecule has 0 aliphatic carbocycles. The number of unbranched alkanes of at least 4 members (excludes halogenated alkanes) is 1. The lowest BCUT2D eigenvalue weighted by Crippen LogP contribution is -2.22. The van der Waals surface area contributed by atoms with Crippen molar-refractivity contribution >= 4 is 0 Å². The molecule has 74 heavy (non-hydrogen) atoms. The van der Waals surface area contributed by atoms with E-state index in [1.165, 1.54) is 6.92 Å². The SMILES string of the molecule is CCC(F)C/C(OOC(C)(C)C)=C(\CCF)COOC(C)(C)C.CCC/C(COOC(C)(C)C)=C(\CC(CC)CF)OOC(C)(C)C.CCCC/C(COOC(C)(C)C)=C(\CC(C)CF)OOC(C)(C)C.CCF. The van der Waals surface area contributed by atoms with Crippen molar-refractivity contribution in [3.63, 3.8) is 0 Å². The lowest BCUT2D eigenvalue weighted by atomic mass is 9.99. The Bertz CT molecular complexity index is 1450. The first kappa shape index (κ1) is 78.4. The predicted octanol–water partition coefficient (Wildman–Crippen LogP) is 18.0. The highest BCUT2D eigenvalue weighted by molar-refractivity contribution is 5.11. The summed E-state index contributed by atoms with van der Waals surface area (Å²) in [5.41, 5.74) is -0.287. The normalized spacial score (nSPS) is 14.9. The maximum atomic E-state index is 13.8. The molecule has 0 amide bonds. The predicted molar refractivity (Wildman–Crippen MR) is 288 cm³/mol. The molecule has 0 aromatic heterocycles. The highest BCUT2D eigenvalue weighted by Gasteiger charge is 2.24. The van der Waals surface area contributed by atoms with E-state index in [4.69, 9.17) is 58.7 Å². The second kappa shape index (κ2) is 41.9. The Hall–Kier alpha value is -2.09. The van der Waals surface area contributed by atoms with Crippen molar-refractivity contribution in [2.45, 2.75) is 277 Å². The zero-order valence-corrected chi connectivity index (χ0v) is 51.2. The van der Waals surface area contributed by atoms with Crippen LogP contribution in [0.25, 0.3) is 0 Å². The van der Waals surface area contributed by atoms with Crippen LogP contribution in [-0.4, -0.2) is 86.3 Å². The van der Waals surface area contributed by atoms with Crippen LogP contribution in [0, 0.1) is 11.8 Å². The molecular formula is C57H111F5O12. The summed E-state index contributed by atoms with van der Waals surface area (Å²) in [5.74, 6) is 1.36. The molecule has 0 aromatic carbocycles. The van der Waals surface area contributed by atoms with Crippen molar-refractivity contribution in [3.05, 3.63) is 34.0 Å². The van der Waals surface area contributed by atoms with E-state index in [1.807, 2.05) is 138 Å². The van der Waals surface area contributed by atoms with Gasteiger partial charge >= 0.3 is 0 Å². The first-order chi connectivity index (χ1) is 33.9. The van der Waals surface area contributed by atoms with Crippen LogP contribution in [0.2, 0.25) is 0 Å². The lowest BCUT2D eigenvalue weighted by Gasteiger charge is -2.24. The van der Waals surface area contributed by atoms with Crippen molar-refractivity contribution in [1.29, 1.82) is 0 Å². The molecule has 0 saturated heterocycles. The van der Waals surface area contributed by atoms with Gasteiger partial charge in [0.2, 0.25) is 0 Å². The topological polar surface area (TPSA) is 111 Å². The molecule has 3 unspecified atom stereocenters. The van der Waals surface area contributed by atoms with E-state index in [0.717, 1.165) is 49.7 Å². The minimum absolute atomic E-state index is 0.000457. The van der Waals surface area contributed by atoms with Crippen molar-refractivity contribution < 1.29 is 80.6 Å². The van der Waals surface area contributed by atoms with Gasteiger partial charge in [-0.25, -0.2) is 33.7 Å². The summed E-state index contributed by atoms with van der Waals surface area (Å²) in [7, 11) is 0. The van der Waals surface area contributed by atoms with Crippen LogP contribution < -0.4 is 0 Å². The maximum absolute atomic E-state index is 13.8. The number of hydrogen-bond donors (Lipinski definition) is 0. The summed E-state index contributed by atoms with van der Waals surface area (Å²) >= 11 is 0. The number of allylic oxidation sites excluding steroid dienone is 3. The van der Waals surface area contributed by atoms with E-state index in [1.54, 1.807) is 6.92 Å². The summed E-state index contributed by atoms with van der Waals surface area (Å²) in [4.78, 5) is 64.6. The van der Waals surface area contributed by atoms with Gasteiger partial charge in [0.05, 0.1) is 43.5 Å². The molecule has 0 N–H and O–H groups in total. The minimum Gasteiger partial charge on any atom is -0.342 e. The van der Waals surface area contributed by atoms with Gasteiger partial charge in [-0.2, -0.15) is 14.7 Å². The first-order valence-electron chi connectivity index (χ1n) is 26.9. The average Bonchev–Trinajstić information content (AvgIpc) is 3.25. The maximum Gasteiger partial charge on any atom is 0.147 e. The molecule has 446 valence electrons. The summed E-state index contributed by atoms with van der Waals surface area (Å²) < 4.78 is 63.1. The third-order valence-corrected chi connectivity index (χ3v) is 8.68. The van der Waals surface area contributed by atoms with Gasteiger partial charge in [0, 0.05) is 42.4 Å². The molecular weight excluding hydrogens is 972 g/mol. The van der Waals surface area contributed by atoms with Crippen LogP contribution in [0.5, 0.6) is 0 Å². The smallest absolute Gasteiger partial charge is 0.147 e. The Balaban J connectivity index is -0.000000483. The highest BCUT2D eigenvalue weighted by Crippen LogP contribution is 2.28. The van der Waals surface area contributed by atoms with Crippen molar-refractivity contribution in [2.75, 3.05) is 46.5 Å². The van der Waals surface area contributed by atoms with Gasteiger partial charge in [-0.3, -0.25) is 17.6 Å². The fraction of sp³-hybridized carbons (Fsp3) is 0.895. The number of halogens is 5. The Morgan fingerprint density at radius 3 is 1.03 bits per heavy atom. The zero-order chi connectivity index (χ0) is 58.4. The van der Waals surface area contributed by atoms with Crippen LogP contribution in [0.1, 0.15) is 237 Å². The highest BCUT2D eigenvalue weighted by atomic mass is 19.1. The number of rotatable bonds is 32. The molecule has 17 heteroatoms. The second-order valence-corrected chi connectivity index (χ2v) is 24.2. The molecule has 0 fully saturated rings. The third-order valence-electron chi connectivity index (χ3n) is 8.68. The Morgan fingerprint density at radius 1 is 0.405 bits per heavy atom. The van der Waals surface area contributed by atoms with Crippen LogP contribution >= 0.6 is 0 Å². The van der Waals surface area contributed by atoms with E-state index < -0.39 is 41.9 Å². The van der Waals surface area contributed by atoms with Crippen molar-refractivity contribution in [2.24, 2.45) is 11.8 Å². The molecule has 0 spiro atoms. The summed E-state index contributed by atoms with van der Waals surface area (Å²) in [5, 5.41) is 0. The van der Waals surface area contributed by atoms with Gasteiger partial charge in [0.1, 0.15) is 60.1 Å². The van der Waals surface area contributed by atoms with Crippen LogP contribution in [0.3, 0.4) is 0 Å². The molecule has 0 aliphatic rings. The van der Waals surface area contributed by atoms with Gasteiger partial charge in [-0.05, 0) is 169 Å². The first-order valence-corrected chi connectivity index (χ1v) is 26.9. The average molecular weight is 1080 g/mol. The van der Waals surface area contributed by atoms with E-state index in [9.17, 15) is 22.0 Å². The number of alkyl halides is 5. The van der Waals surface area contributed by atoms with Gasteiger partial charge < -0.3 is 14.7 Å². The molecule has 0 rings (SSSR count). The molecule has 0 aliphatic heterocycles. The summed E-state index contributed by atoms with van der Waals surface area (Å²) in [6, 6.07) is 0. The molecule has 0 saturated carbocycles. The fourth-order valence-corrected chi connectivity index (χ4v) is 5.04. The number of hydrogen-bond acceptors (Lipinski definition) is 12. The molecule has 0 radical (unpaired) electrons. The lowest BCUT2D eigenvalue weighted by molar-refractivity contribution is -0.346. The van der Waals surface area contributed by atoms with Gasteiger partial charge in [-0.15, -0.1) is 0 Å². The van der Waals surface area contributed by atoms with Crippen molar-refractivity contribution in [1.82, 2.24) is 0 Å². The monoisotopic (exact) mass is 1080 g/mol. The van der Waals surface area contributed by atoms with E-state index in [-0.39, 0.29) is 68.2 Å². The van der Waals surface area contributed by atoms with Crippen LogP contribution in [-0.2, 0) is 58.7 Å². The largest absolute Gasteiger partial charge is 0.342 e. The summed E-state index contributed by atoms with van der Waals surface area (Å²) in [6.07, 6.45) is 5.65. The quantitative estimate of drug-likeness (QED) is 0.0277. The van der Waals surface area contributed by atoms with E-state index in [0.29, 0.717) is 43.0 Å². The molecule has 0 bridgehead atoms. The molecule has 3 atom stereocenters. The van der Waals surface area contributed by atoms with Crippen LogP contribution in [0.4, 0.5) is 22.0 Å². The Morgan fingerprint density at radius 2 is 0.743 bits per heavy atom. The third kappa shape index (κ3) is 53.3. The fourth-order valence-electron chi connectivity index (χ4n) is 5.04. The van der Waals surface area contributed by atoms with Gasteiger partial charge in [-0.1, -0.05) is 53.9 Å².